The van der Waals surface area contributed by atoms with Crippen LogP contribution in [0.25, 0.3) is 0 Å². The van der Waals surface area contributed by atoms with E-state index in [0.717, 1.165) is 12.7 Å². The van der Waals surface area contributed by atoms with Gasteiger partial charge in [0.05, 0.1) is 16.4 Å². The molecular formula is C13H18ClNO4S2. The van der Waals surface area contributed by atoms with E-state index < -0.39 is 19.7 Å². The largest absolute Gasteiger partial charge is 0.309 e. The van der Waals surface area contributed by atoms with Gasteiger partial charge in [-0.15, -0.1) is 0 Å². The highest BCUT2D eigenvalue weighted by Crippen LogP contribution is 2.24. The van der Waals surface area contributed by atoms with E-state index in [9.17, 15) is 16.8 Å². The lowest BCUT2D eigenvalue weighted by Gasteiger charge is -2.23. The molecule has 1 aliphatic heterocycles. The Kier molecular flexibility index (Phi) is 4.97. The number of rotatable bonds is 4. The van der Waals surface area contributed by atoms with Crippen molar-refractivity contribution >= 4 is 31.3 Å². The number of nitrogens with one attached hydrogen (secondary N) is 1. The molecule has 1 aromatic carbocycles. The Morgan fingerprint density at radius 1 is 1.38 bits per heavy atom. The van der Waals surface area contributed by atoms with Crippen LogP contribution in [0.2, 0.25) is 5.02 Å². The second-order valence-electron chi connectivity index (χ2n) is 5.32. The molecule has 0 saturated carbocycles. The Morgan fingerprint density at radius 2 is 2.10 bits per heavy atom. The standard InChI is InChI=1S/C13H18ClNO4S2/c1-20(16,17)13-6-2-5-12(14)11(13)8-15-10-4-3-7-21(18,19)9-10/h2,5-6,10,15H,3-4,7-9H2,1H3. The average molecular weight is 352 g/mol. The molecule has 0 radical (unpaired) electrons. The minimum absolute atomic E-state index is 0.0889. The van der Waals surface area contributed by atoms with Gasteiger partial charge in [0.25, 0.3) is 0 Å². The number of sulfone groups is 2. The summed E-state index contributed by atoms with van der Waals surface area (Å²) in [6, 6.07) is 4.57. The molecule has 0 aromatic heterocycles. The van der Waals surface area contributed by atoms with Crippen molar-refractivity contribution in [2.75, 3.05) is 17.8 Å². The lowest BCUT2D eigenvalue weighted by molar-refractivity contribution is 0.478. The van der Waals surface area contributed by atoms with E-state index >= 15 is 0 Å². The molecule has 1 unspecified atom stereocenters. The lowest BCUT2D eigenvalue weighted by Crippen LogP contribution is -2.40. The van der Waals surface area contributed by atoms with Crippen molar-refractivity contribution in [2.24, 2.45) is 0 Å². The predicted octanol–water partition coefficient (Wildman–Crippen LogP) is 1.41. The fourth-order valence-corrected chi connectivity index (χ4v) is 5.41. The van der Waals surface area contributed by atoms with Gasteiger partial charge in [0.1, 0.15) is 0 Å². The van der Waals surface area contributed by atoms with Crippen LogP contribution in [0, 0.1) is 0 Å². The second kappa shape index (κ2) is 6.24. The Hall–Kier alpha value is -0.630. The Bertz CT molecular complexity index is 729. The number of hydrogen-bond donors (Lipinski definition) is 1. The molecule has 0 aliphatic carbocycles. The van der Waals surface area contributed by atoms with Crippen molar-refractivity contribution in [3.05, 3.63) is 28.8 Å². The van der Waals surface area contributed by atoms with E-state index in [1.807, 2.05) is 0 Å². The predicted molar refractivity (Wildman–Crippen MR) is 83.1 cm³/mol. The third kappa shape index (κ3) is 4.42. The molecule has 1 fully saturated rings. The molecule has 2 rings (SSSR count). The van der Waals surface area contributed by atoms with Crippen LogP contribution in [0.15, 0.2) is 23.1 Å². The van der Waals surface area contributed by atoms with Crippen molar-refractivity contribution in [3.8, 4) is 0 Å². The van der Waals surface area contributed by atoms with E-state index in [1.54, 1.807) is 12.1 Å². The first-order valence-corrected chi connectivity index (χ1v) is 10.7. The maximum atomic E-state index is 11.8. The molecule has 1 aromatic rings. The summed E-state index contributed by atoms with van der Waals surface area (Å²) in [7, 11) is -6.37. The zero-order chi connectivity index (χ0) is 15.7. The highest BCUT2D eigenvalue weighted by Gasteiger charge is 2.25. The minimum atomic E-state index is -3.37. The summed E-state index contributed by atoms with van der Waals surface area (Å²) in [6.07, 6.45) is 2.52. The molecule has 1 atom stereocenters. The number of hydrogen-bond acceptors (Lipinski definition) is 5. The average Bonchev–Trinajstić information content (AvgIpc) is 2.34. The SMILES string of the molecule is CS(=O)(=O)c1cccc(Cl)c1CNC1CCCS(=O)(=O)C1. The molecule has 1 saturated heterocycles. The molecule has 8 heteroatoms. The normalized spacial score (nSPS) is 22.1. The first-order chi connectivity index (χ1) is 9.69. The van der Waals surface area contributed by atoms with E-state index in [4.69, 9.17) is 11.6 Å². The van der Waals surface area contributed by atoms with Crippen molar-refractivity contribution in [3.63, 3.8) is 0 Å². The maximum Gasteiger partial charge on any atom is 0.175 e. The van der Waals surface area contributed by atoms with Crippen LogP contribution >= 0.6 is 11.6 Å². The third-order valence-electron chi connectivity index (χ3n) is 3.51. The van der Waals surface area contributed by atoms with E-state index in [1.165, 1.54) is 6.07 Å². The van der Waals surface area contributed by atoms with Crippen LogP contribution < -0.4 is 5.32 Å². The lowest BCUT2D eigenvalue weighted by atomic mass is 10.1. The van der Waals surface area contributed by atoms with Gasteiger partial charge < -0.3 is 5.32 Å². The van der Waals surface area contributed by atoms with E-state index in [0.29, 0.717) is 17.0 Å². The summed E-state index contributed by atoms with van der Waals surface area (Å²) in [5.74, 6) is 0.317. The summed E-state index contributed by atoms with van der Waals surface area (Å²) in [5.41, 5.74) is 0.490. The summed E-state index contributed by atoms with van der Waals surface area (Å²) < 4.78 is 46.8. The van der Waals surface area contributed by atoms with Crippen molar-refractivity contribution in [2.45, 2.75) is 30.3 Å². The molecule has 1 heterocycles. The maximum absolute atomic E-state index is 11.8. The van der Waals surface area contributed by atoms with Crippen LogP contribution in [0.3, 0.4) is 0 Å². The van der Waals surface area contributed by atoms with Crippen molar-refractivity contribution in [1.29, 1.82) is 0 Å². The Morgan fingerprint density at radius 3 is 2.71 bits per heavy atom. The number of benzene rings is 1. The third-order valence-corrected chi connectivity index (χ3v) is 6.86. The quantitative estimate of drug-likeness (QED) is 0.887. The van der Waals surface area contributed by atoms with Crippen LogP contribution in [0.1, 0.15) is 18.4 Å². The highest BCUT2D eigenvalue weighted by molar-refractivity contribution is 7.91. The molecule has 0 amide bonds. The Balaban J connectivity index is 2.17. The highest BCUT2D eigenvalue weighted by atomic mass is 35.5. The molecule has 5 nitrogen and oxygen atoms in total. The monoisotopic (exact) mass is 351 g/mol. The van der Waals surface area contributed by atoms with E-state index in [2.05, 4.69) is 5.32 Å². The fourth-order valence-electron chi connectivity index (χ4n) is 2.49. The summed E-state index contributed by atoms with van der Waals surface area (Å²) >= 11 is 6.09. The second-order valence-corrected chi connectivity index (χ2v) is 9.94. The first kappa shape index (κ1) is 16.7. The van der Waals surface area contributed by atoms with Gasteiger partial charge in [-0.3, -0.25) is 0 Å². The van der Waals surface area contributed by atoms with Crippen molar-refractivity contribution < 1.29 is 16.8 Å². The van der Waals surface area contributed by atoms with Gasteiger partial charge in [-0.2, -0.15) is 0 Å². The molecule has 0 bridgehead atoms. The van der Waals surface area contributed by atoms with Gasteiger partial charge in [-0.05, 0) is 25.0 Å². The van der Waals surface area contributed by atoms with Crippen LogP contribution in [-0.4, -0.2) is 40.6 Å². The summed E-state index contributed by atoms with van der Waals surface area (Å²) in [6.45, 7) is 0.238. The minimum Gasteiger partial charge on any atom is -0.309 e. The molecule has 1 aliphatic rings. The van der Waals surface area contributed by atoms with Crippen LogP contribution in [0.4, 0.5) is 0 Å². The molecule has 118 valence electrons. The number of halogens is 1. The van der Waals surface area contributed by atoms with Gasteiger partial charge >= 0.3 is 0 Å². The molecule has 21 heavy (non-hydrogen) atoms. The van der Waals surface area contributed by atoms with Gasteiger partial charge in [0, 0.05) is 29.4 Å². The van der Waals surface area contributed by atoms with Gasteiger partial charge in [0.2, 0.25) is 0 Å². The smallest absolute Gasteiger partial charge is 0.175 e. The first-order valence-electron chi connectivity index (χ1n) is 6.60. The molecule has 1 N–H and O–H groups in total. The Labute approximate surface area is 130 Å². The molecular weight excluding hydrogens is 334 g/mol. The zero-order valence-electron chi connectivity index (χ0n) is 11.7. The van der Waals surface area contributed by atoms with Gasteiger partial charge in [-0.1, -0.05) is 17.7 Å². The van der Waals surface area contributed by atoms with Crippen molar-refractivity contribution in [1.82, 2.24) is 5.32 Å². The van der Waals surface area contributed by atoms with Gasteiger partial charge in [-0.25, -0.2) is 16.8 Å². The van der Waals surface area contributed by atoms with Gasteiger partial charge in [0.15, 0.2) is 19.7 Å². The summed E-state index contributed by atoms with van der Waals surface area (Å²) in [5, 5.41) is 3.48. The topological polar surface area (TPSA) is 80.3 Å². The van der Waals surface area contributed by atoms with Crippen LogP contribution in [0.5, 0.6) is 0 Å². The molecule has 0 spiro atoms. The van der Waals surface area contributed by atoms with Crippen LogP contribution in [-0.2, 0) is 26.2 Å². The zero-order valence-corrected chi connectivity index (χ0v) is 14.1. The fraction of sp³-hybridized carbons (Fsp3) is 0.538. The summed E-state index contributed by atoms with van der Waals surface area (Å²) in [4.78, 5) is 0.182. The van der Waals surface area contributed by atoms with E-state index in [-0.39, 0.29) is 29.0 Å².